The van der Waals surface area contributed by atoms with Gasteiger partial charge < -0.3 is 5.32 Å². The Labute approximate surface area is 73.8 Å². The molecule has 5 heteroatoms. The number of hydrogen-bond donors (Lipinski definition) is 1. The van der Waals surface area contributed by atoms with Crippen LogP contribution in [0.4, 0.5) is 0 Å². The van der Waals surface area contributed by atoms with E-state index in [0.717, 1.165) is 19.4 Å². The molecule has 0 bridgehead atoms. The molecule has 2 fully saturated rings. The summed E-state index contributed by atoms with van der Waals surface area (Å²) in [4.78, 5) is 11.4. The molecule has 3 unspecified atom stereocenters. The third-order valence-corrected chi connectivity index (χ3v) is 3.36. The number of fused-ring (bicyclic) bond motifs is 1. The summed E-state index contributed by atoms with van der Waals surface area (Å²) in [6, 6.07) is 0. The molecular formula is C6H10BrN3O. The molecule has 2 aliphatic heterocycles. The van der Waals surface area contributed by atoms with Crippen LogP contribution in [-0.2, 0) is 4.79 Å². The van der Waals surface area contributed by atoms with Gasteiger partial charge in [-0.05, 0) is 12.8 Å². The van der Waals surface area contributed by atoms with Crippen LogP contribution in [-0.4, -0.2) is 34.2 Å². The van der Waals surface area contributed by atoms with Crippen molar-refractivity contribution in [1.29, 1.82) is 0 Å². The minimum Gasteiger partial charge on any atom is -0.356 e. The smallest absolute Gasteiger partial charge is 0.258 e. The number of carbonyl (C=O) groups excluding carboxylic acids is 1. The SMILES string of the molecule is CNC(=O)C12CCCN1N2Br. The Hall–Kier alpha value is -0.130. The summed E-state index contributed by atoms with van der Waals surface area (Å²) in [5, 5.41) is 4.70. The Bertz CT molecular complexity index is 210. The lowest BCUT2D eigenvalue weighted by Crippen LogP contribution is -2.36. The number of carbonyl (C=O) groups is 1. The maximum absolute atomic E-state index is 11.4. The second kappa shape index (κ2) is 2.18. The normalized spacial score (nSPS) is 46.7. The van der Waals surface area contributed by atoms with Gasteiger partial charge in [0.1, 0.15) is 0 Å². The lowest BCUT2D eigenvalue weighted by molar-refractivity contribution is -0.124. The van der Waals surface area contributed by atoms with Crippen molar-refractivity contribution in [2.45, 2.75) is 18.5 Å². The van der Waals surface area contributed by atoms with Crippen molar-refractivity contribution in [3.05, 3.63) is 0 Å². The summed E-state index contributed by atoms with van der Waals surface area (Å²) < 4.78 is 1.84. The van der Waals surface area contributed by atoms with Gasteiger partial charge in [0.05, 0.1) is 0 Å². The quantitative estimate of drug-likeness (QED) is 0.501. The Morgan fingerprint density at radius 3 is 2.91 bits per heavy atom. The lowest BCUT2D eigenvalue weighted by atomic mass is 10.1. The number of hydrazine groups is 1. The van der Waals surface area contributed by atoms with Crippen LogP contribution in [0.25, 0.3) is 0 Å². The monoisotopic (exact) mass is 219 g/mol. The van der Waals surface area contributed by atoms with Crippen LogP contribution in [0.5, 0.6) is 0 Å². The van der Waals surface area contributed by atoms with Crippen molar-refractivity contribution >= 4 is 22.1 Å². The zero-order chi connectivity index (χ0) is 8.06. The highest BCUT2D eigenvalue weighted by atomic mass is 79.9. The van der Waals surface area contributed by atoms with E-state index >= 15 is 0 Å². The molecule has 0 aromatic carbocycles. The van der Waals surface area contributed by atoms with Crippen molar-refractivity contribution in [1.82, 2.24) is 14.4 Å². The van der Waals surface area contributed by atoms with Gasteiger partial charge >= 0.3 is 0 Å². The highest BCUT2D eigenvalue weighted by Crippen LogP contribution is 2.50. The molecule has 11 heavy (non-hydrogen) atoms. The van der Waals surface area contributed by atoms with E-state index in [9.17, 15) is 4.79 Å². The Morgan fingerprint density at radius 1 is 1.73 bits per heavy atom. The van der Waals surface area contributed by atoms with Crippen molar-refractivity contribution in [3.63, 3.8) is 0 Å². The van der Waals surface area contributed by atoms with E-state index in [1.165, 1.54) is 0 Å². The van der Waals surface area contributed by atoms with Gasteiger partial charge in [0.25, 0.3) is 5.91 Å². The lowest BCUT2D eigenvalue weighted by Gasteiger charge is -2.06. The van der Waals surface area contributed by atoms with Crippen LogP contribution in [0.2, 0.25) is 0 Å². The number of nitrogens with one attached hydrogen (secondary N) is 1. The summed E-state index contributed by atoms with van der Waals surface area (Å²) in [7, 11) is 1.67. The van der Waals surface area contributed by atoms with Crippen LogP contribution >= 0.6 is 16.1 Å². The predicted molar refractivity (Wildman–Crippen MR) is 43.5 cm³/mol. The molecule has 2 heterocycles. The maximum atomic E-state index is 11.4. The van der Waals surface area contributed by atoms with E-state index in [2.05, 4.69) is 21.5 Å². The topological polar surface area (TPSA) is 35.1 Å². The zero-order valence-corrected chi connectivity index (χ0v) is 7.89. The number of likely N-dealkylation sites (N-methyl/N-ethyl adjacent to an activating group) is 1. The molecule has 3 atom stereocenters. The third kappa shape index (κ3) is 0.733. The van der Waals surface area contributed by atoms with E-state index in [1.807, 2.05) is 9.04 Å². The highest BCUT2D eigenvalue weighted by molar-refractivity contribution is 9.07. The number of hydrogen-bond acceptors (Lipinski definition) is 3. The first-order valence-corrected chi connectivity index (χ1v) is 4.40. The fourth-order valence-corrected chi connectivity index (χ4v) is 2.62. The van der Waals surface area contributed by atoms with Gasteiger partial charge in [0.15, 0.2) is 5.66 Å². The average molecular weight is 220 g/mol. The first-order valence-electron chi connectivity index (χ1n) is 3.69. The van der Waals surface area contributed by atoms with Crippen LogP contribution in [0.3, 0.4) is 0 Å². The summed E-state index contributed by atoms with van der Waals surface area (Å²) in [5.41, 5.74) is -0.339. The van der Waals surface area contributed by atoms with Crippen LogP contribution in [0, 0.1) is 0 Å². The van der Waals surface area contributed by atoms with E-state index < -0.39 is 0 Å². The highest BCUT2D eigenvalue weighted by Gasteiger charge is 2.68. The summed E-state index contributed by atoms with van der Waals surface area (Å²) >= 11 is 3.32. The van der Waals surface area contributed by atoms with Crippen molar-refractivity contribution in [2.24, 2.45) is 0 Å². The molecule has 0 aromatic heterocycles. The fraction of sp³-hybridized carbons (Fsp3) is 0.833. The van der Waals surface area contributed by atoms with Gasteiger partial charge in [0, 0.05) is 29.7 Å². The molecule has 0 spiro atoms. The Kier molecular flexibility index (Phi) is 1.49. The van der Waals surface area contributed by atoms with Gasteiger partial charge in [-0.15, -0.1) is 4.03 Å². The first kappa shape index (κ1) is 7.52. The van der Waals surface area contributed by atoms with E-state index in [4.69, 9.17) is 0 Å². The number of nitrogens with zero attached hydrogens (tertiary/aromatic N) is 2. The number of amides is 1. The molecule has 2 rings (SSSR count). The van der Waals surface area contributed by atoms with Crippen LogP contribution in [0.15, 0.2) is 0 Å². The summed E-state index contributed by atoms with van der Waals surface area (Å²) in [6.45, 7) is 0.985. The standard InChI is InChI=1S/C6H10BrN3O/c1-8-5(11)6-3-2-4-9(6)10(6)7/h2-4H2,1H3,(H,8,11). The van der Waals surface area contributed by atoms with E-state index in [1.54, 1.807) is 7.05 Å². The maximum Gasteiger partial charge on any atom is 0.258 e. The molecule has 1 amide bonds. The molecule has 62 valence electrons. The van der Waals surface area contributed by atoms with E-state index in [-0.39, 0.29) is 11.6 Å². The van der Waals surface area contributed by atoms with E-state index in [0.29, 0.717) is 0 Å². The fourth-order valence-electron chi connectivity index (χ4n) is 1.75. The van der Waals surface area contributed by atoms with Crippen LogP contribution < -0.4 is 5.32 Å². The minimum absolute atomic E-state index is 0.0897. The molecule has 2 saturated heterocycles. The minimum atomic E-state index is -0.339. The van der Waals surface area contributed by atoms with Gasteiger partial charge in [-0.1, -0.05) is 0 Å². The molecule has 0 aliphatic carbocycles. The van der Waals surface area contributed by atoms with Gasteiger partial charge in [0.2, 0.25) is 0 Å². The molecule has 0 radical (unpaired) electrons. The second-order valence-electron chi connectivity index (χ2n) is 2.88. The predicted octanol–water partition coefficient (Wildman–Crippen LogP) is 0.0650. The molecule has 2 aliphatic rings. The first-order chi connectivity index (χ1) is 5.23. The summed E-state index contributed by atoms with van der Waals surface area (Å²) in [5.74, 6) is 0.0897. The third-order valence-electron chi connectivity index (χ3n) is 2.39. The van der Waals surface area contributed by atoms with Crippen LogP contribution in [0.1, 0.15) is 12.8 Å². The van der Waals surface area contributed by atoms with Gasteiger partial charge in [-0.2, -0.15) is 5.01 Å². The largest absolute Gasteiger partial charge is 0.356 e. The zero-order valence-electron chi connectivity index (χ0n) is 6.30. The Balaban J connectivity index is 2.17. The van der Waals surface area contributed by atoms with Crippen molar-refractivity contribution in [2.75, 3.05) is 13.6 Å². The van der Waals surface area contributed by atoms with Gasteiger partial charge in [-0.25, -0.2) is 0 Å². The van der Waals surface area contributed by atoms with Crippen molar-refractivity contribution in [3.8, 4) is 0 Å². The number of halogens is 1. The van der Waals surface area contributed by atoms with Gasteiger partial charge in [-0.3, -0.25) is 4.79 Å². The molecule has 0 saturated carbocycles. The molecular weight excluding hydrogens is 210 g/mol. The number of rotatable bonds is 1. The molecule has 1 N–H and O–H groups in total. The average Bonchev–Trinajstić information content (AvgIpc) is 2.51. The van der Waals surface area contributed by atoms with Crippen molar-refractivity contribution < 1.29 is 4.79 Å². The summed E-state index contributed by atoms with van der Waals surface area (Å²) in [6.07, 6.45) is 2.04. The second-order valence-corrected chi connectivity index (χ2v) is 3.55. The molecule has 0 aromatic rings. The Morgan fingerprint density at radius 2 is 2.45 bits per heavy atom. The molecule has 4 nitrogen and oxygen atoms in total.